The number of benzene rings is 2. The van der Waals surface area contributed by atoms with Crippen molar-refractivity contribution >= 4 is 45.0 Å². The average Bonchev–Trinajstić information content (AvgIpc) is 3.54. The van der Waals surface area contributed by atoms with Gasteiger partial charge in [-0.25, -0.2) is 4.98 Å². The number of anilines is 3. The van der Waals surface area contributed by atoms with Crippen LogP contribution >= 0.6 is 11.3 Å². The standard InChI is InChI=1S/C25H26N6O3S/c1-15-4-6-16(7-5-15)23(32)28-18-10-11-31(13-18)25-29-22(21-24(30-25)35-14-26-21)27-17-8-9-19(33-2)20(12-17)34-3/h4-9,12,14,18H,10-11,13H2,1-3H3,(H,28,32)(H,27,29,30). The molecule has 0 saturated carbocycles. The first-order valence-corrected chi connectivity index (χ1v) is 12.1. The number of methoxy groups -OCH3 is 2. The Hall–Kier alpha value is -3.92. The topological polar surface area (TPSA) is 102 Å². The van der Waals surface area contributed by atoms with Gasteiger partial charge in [-0.15, -0.1) is 11.3 Å². The molecule has 0 bridgehead atoms. The third-order valence-electron chi connectivity index (χ3n) is 5.95. The van der Waals surface area contributed by atoms with Gasteiger partial charge in [0.2, 0.25) is 5.95 Å². The van der Waals surface area contributed by atoms with Gasteiger partial charge in [0.05, 0.1) is 19.7 Å². The van der Waals surface area contributed by atoms with Gasteiger partial charge in [0.25, 0.3) is 5.91 Å². The first-order chi connectivity index (χ1) is 17.0. The van der Waals surface area contributed by atoms with E-state index in [1.807, 2.05) is 49.4 Å². The summed E-state index contributed by atoms with van der Waals surface area (Å²) in [6.07, 6.45) is 0.820. The van der Waals surface area contributed by atoms with Crippen LogP contribution < -0.4 is 25.0 Å². The summed E-state index contributed by atoms with van der Waals surface area (Å²) >= 11 is 1.47. The Morgan fingerprint density at radius 2 is 1.89 bits per heavy atom. The summed E-state index contributed by atoms with van der Waals surface area (Å²) < 4.78 is 10.8. The van der Waals surface area contributed by atoms with Crippen molar-refractivity contribution in [2.45, 2.75) is 19.4 Å². The molecule has 1 saturated heterocycles. The third kappa shape index (κ3) is 4.83. The molecule has 1 aliphatic heterocycles. The van der Waals surface area contributed by atoms with E-state index in [9.17, 15) is 4.79 Å². The molecular formula is C25H26N6O3S. The van der Waals surface area contributed by atoms with Gasteiger partial charge in [-0.05, 0) is 37.6 Å². The maximum Gasteiger partial charge on any atom is 0.251 e. The van der Waals surface area contributed by atoms with Gasteiger partial charge in [0.15, 0.2) is 22.1 Å². The van der Waals surface area contributed by atoms with Crippen molar-refractivity contribution in [2.75, 3.05) is 37.5 Å². The van der Waals surface area contributed by atoms with E-state index >= 15 is 0 Å². The van der Waals surface area contributed by atoms with Crippen LogP contribution in [-0.2, 0) is 0 Å². The highest BCUT2D eigenvalue weighted by molar-refractivity contribution is 7.16. The van der Waals surface area contributed by atoms with Crippen molar-refractivity contribution in [2.24, 2.45) is 0 Å². The molecule has 0 spiro atoms. The zero-order valence-electron chi connectivity index (χ0n) is 19.7. The smallest absolute Gasteiger partial charge is 0.251 e. The summed E-state index contributed by atoms with van der Waals surface area (Å²) in [5.41, 5.74) is 5.06. The molecular weight excluding hydrogens is 464 g/mol. The molecule has 10 heteroatoms. The maximum atomic E-state index is 12.7. The van der Waals surface area contributed by atoms with Crippen molar-refractivity contribution in [3.63, 3.8) is 0 Å². The van der Waals surface area contributed by atoms with E-state index in [1.165, 1.54) is 11.3 Å². The van der Waals surface area contributed by atoms with Crippen LogP contribution in [0.15, 0.2) is 48.0 Å². The number of rotatable bonds is 7. The largest absolute Gasteiger partial charge is 0.493 e. The van der Waals surface area contributed by atoms with E-state index in [1.54, 1.807) is 19.7 Å². The minimum absolute atomic E-state index is 0.0202. The van der Waals surface area contributed by atoms with Gasteiger partial charge in [0, 0.05) is 36.4 Å². The highest BCUT2D eigenvalue weighted by Crippen LogP contribution is 2.33. The Balaban J connectivity index is 1.34. The van der Waals surface area contributed by atoms with Crippen LogP contribution in [0.5, 0.6) is 11.5 Å². The van der Waals surface area contributed by atoms with Gasteiger partial charge < -0.3 is 25.0 Å². The molecule has 2 aromatic heterocycles. The summed E-state index contributed by atoms with van der Waals surface area (Å²) in [6, 6.07) is 13.2. The summed E-state index contributed by atoms with van der Waals surface area (Å²) in [5.74, 6) is 2.43. The molecule has 0 radical (unpaired) electrons. The minimum atomic E-state index is -0.0634. The molecule has 180 valence electrons. The molecule has 1 aliphatic rings. The monoisotopic (exact) mass is 490 g/mol. The average molecular weight is 491 g/mol. The van der Waals surface area contributed by atoms with E-state index in [-0.39, 0.29) is 11.9 Å². The molecule has 1 amide bonds. The van der Waals surface area contributed by atoms with Crippen LogP contribution in [0.3, 0.4) is 0 Å². The second kappa shape index (κ2) is 9.75. The van der Waals surface area contributed by atoms with E-state index in [2.05, 4.69) is 20.5 Å². The van der Waals surface area contributed by atoms with Crippen LogP contribution in [0.25, 0.3) is 10.3 Å². The Kier molecular flexibility index (Phi) is 6.37. The summed E-state index contributed by atoms with van der Waals surface area (Å²) in [5, 5.41) is 6.49. The summed E-state index contributed by atoms with van der Waals surface area (Å²) in [4.78, 5) is 29.5. The second-order valence-electron chi connectivity index (χ2n) is 8.34. The fourth-order valence-corrected chi connectivity index (χ4v) is 4.72. The Morgan fingerprint density at radius 1 is 1.09 bits per heavy atom. The fourth-order valence-electron chi connectivity index (χ4n) is 4.06. The lowest BCUT2D eigenvalue weighted by Gasteiger charge is -2.18. The fraction of sp³-hybridized carbons (Fsp3) is 0.280. The normalized spacial score (nSPS) is 15.3. The minimum Gasteiger partial charge on any atom is -0.493 e. The number of carbonyl (C=O) groups is 1. The third-order valence-corrected chi connectivity index (χ3v) is 6.67. The number of thiazole rings is 1. The van der Waals surface area contributed by atoms with Crippen molar-refractivity contribution in [3.05, 3.63) is 59.1 Å². The van der Waals surface area contributed by atoms with Crippen LogP contribution in [0.2, 0.25) is 0 Å². The van der Waals surface area contributed by atoms with E-state index in [4.69, 9.17) is 19.4 Å². The maximum absolute atomic E-state index is 12.7. The van der Waals surface area contributed by atoms with E-state index in [0.29, 0.717) is 40.9 Å². The van der Waals surface area contributed by atoms with Crippen molar-refractivity contribution < 1.29 is 14.3 Å². The van der Waals surface area contributed by atoms with E-state index < -0.39 is 0 Å². The zero-order chi connectivity index (χ0) is 24.4. The van der Waals surface area contributed by atoms with Crippen LogP contribution in [0.4, 0.5) is 17.5 Å². The highest BCUT2D eigenvalue weighted by Gasteiger charge is 2.27. The van der Waals surface area contributed by atoms with Crippen molar-refractivity contribution in [1.82, 2.24) is 20.3 Å². The molecule has 3 heterocycles. The number of ether oxygens (including phenoxy) is 2. The number of carbonyl (C=O) groups excluding carboxylic acids is 1. The number of aromatic nitrogens is 3. The molecule has 1 atom stereocenters. The second-order valence-corrected chi connectivity index (χ2v) is 9.18. The van der Waals surface area contributed by atoms with Crippen LogP contribution in [0.1, 0.15) is 22.3 Å². The number of aryl methyl sites for hydroxylation is 1. The Morgan fingerprint density at radius 3 is 2.66 bits per heavy atom. The molecule has 9 nitrogen and oxygen atoms in total. The number of amides is 1. The van der Waals surface area contributed by atoms with Crippen LogP contribution in [0, 0.1) is 6.92 Å². The SMILES string of the molecule is COc1ccc(Nc2nc(N3CCC(NC(=O)c4ccc(C)cc4)C3)nc3scnc23)cc1OC. The number of nitrogens with one attached hydrogen (secondary N) is 2. The molecule has 1 unspecified atom stereocenters. The van der Waals surface area contributed by atoms with Gasteiger partial charge in [-0.1, -0.05) is 17.7 Å². The first kappa shape index (κ1) is 22.9. The first-order valence-electron chi connectivity index (χ1n) is 11.3. The molecule has 5 rings (SSSR count). The molecule has 2 N–H and O–H groups in total. The lowest BCUT2D eigenvalue weighted by atomic mass is 10.1. The number of nitrogens with zero attached hydrogens (tertiary/aromatic N) is 4. The van der Waals surface area contributed by atoms with Gasteiger partial charge >= 0.3 is 0 Å². The number of hydrogen-bond donors (Lipinski definition) is 2. The Labute approximate surface area is 207 Å². The molecule has 0 aliphatic carbocycles. The molecule has 1 fully saturated rings. The van der Waals surface area contributed by atoms with Gasteiger partial charge in [-0.3, -0.25) is 4.79 Å². The van der Waals surface area contributed by atoms with Gasteiger partial charge in [0.1, 0.15) is 5.52 Å². The van der Waals surface area contributed by atoms with Gasteiger partial charge in [-0.2, -0.15) is 9.97 Å². The van der Waals surface area contributed by atoms with Crippen molar-refractivity contribution in [1.29, 1.82) is 0 Å². The lowest BCUT2D eigenvalue weighted by Crippen LogP contribution is -2.37. The summed E-state index contributed by atoms with van der Waals surface area (Å²) in [7, 11) is 3.21. The molecule has 35 heavy (non-hydrogen) atoms. The Bertz CT molecular complexity index is 1360. The lowest BCUT2D eigenvalue weighted by molar-refractivity contribution is 0.0940. The molecule has 4 aromatic rings. The number of fused-ring (bicyclic) bond motifs is 1. The highest BCUT2D eigenvalue weighted by atomic mass is 32.1. The predicted octanol–water partition coefficient (Wildman–Crippen LogP) is 4.16. The van der Waals surface area contributed by atoms with Crippen LogP contribution in [-0.4, -0.2) is 54.2 Å². The van der Waals surface area contributed by atoms with E-state index in [0.717, 1.165) is 29.0 Å². The number of hydrogen-bond acceptors (Lipinski definition) is 9. The zero-order valence-corrected chi connectivity index (χ0v) is 20.6. The summed E-state index contributed by atoms with van der Waals surface area (Å²) in [6.45, 7) is 3.39. The predicted molar refractivity (Wildman–Crippen MR) is 137 cm³/mol. The van der Waals surface area contributed by atoms with Crippen molar-refractivity contribution in [3.8, 4) is 11.5 Å². The molecule has 2 aromatic carbocycles. The quantitative estimate of drug-likeness (QED) is 0.398.